The Labute approximate surface area is 243 Å². The van der Waals surface area contributed by atoms with Crippen LogP contribution < -0.4 is 20.6 Å². The Morgan fingerprint density at radius 1 is 1.07 bits per heavy atom. The lowest BCUT2D eigenvalue weighted by atomic mass is 9.80. The van der Waals surface area contributed by atoms with Crippen molar-refractivity contribution in [3.63, 3.8) is 0 Å². The van der Waals surface area contributed by atoms with Crippen LogP contribution in [0.2, 0.25) is 0 Å². The van der Waals surface area contributed by atoms with E-state index in [9.17, 15) is 26.7 Å². The van der Waals surface area contributed by atoms with Gasteiger partial charge in [-0.2, -0.15) is 18.2 Å². The van der Waals surface area contributed by atoms with Crippen molar-refractivity contribution in [3.8, 4) is 6.01 Å². The summed E-state index contributed by atoms with van der Waals surface area (Å²) in [5.74, 6) is -3.24. The SMILES string of the molecule is C[C@@H]1CN(c2nc(=O)n3c4c(c(C5CCC(F)(F)CC5)c(C(F)(F)F)cc24)SC[C@@H](Oc2ncccn2)C3)C[C@H](C)N1. The van der Waals surface area contributed by atoms with Crippen molar-refractivity contribution in [2.45, 2.75) is 87.2 Å². The first-order valence-electron chi connectivity index (χ1n) is 14.0. The van der Waals surface area contributed by atoms with E-state index in [2.05, 4.69) is 20.3 Å². The number of nitrogens with one attached hydrogen (secondary N) is 1. The van der Waals surface area contributed by atoms with Gasteiger partial charge in [0, 0.05) is 66.4 Å². The molecule has 8 nitrogen and oxygen atoms in total. The number of anilines is 1. The van der Waals surface area contributed by atoms with Gasteiger partial charge < -0.3 is 15.0 Å². The molecule has 1 N–H and O–H groups in total. The van der Waals surface area contributed by atoms with E-state index in [1.807, 2.05) is 18.7 Å². The van der Waals surface area contributed by atoms with Crippen LogP contribution in [0.3, 0.4) is 0 Å². The molecule has 1 aromatic carbocycles. The smallest absolute Gasteiger partial charge is 0.416 e. The van der Waals surface area contributed by atoms with Crippen LogP contribution in [0.4, 0.5) is 27.8 Å². The second kappa shape index (κ2) is 10.9. The summed E-state index contributed by atoms with van der Waals surface area (Å²) in [5.41, 5.74) is -1.14. The number of piperazine rings is 1. The van der Waals surface area contributed by atoms with Crippen LogP contribution in [-0.4, -0.2) is 62.5 Å². The van der Waals surface area contributed by atoms with E-state index >= 15 is 0 Å². The van der Waals surface area contributed by atoms with Crippen molar-refractivity contribution in [2.75, 3.05) is 23.7 Å². The van der Waals surface area contributed by atoms with Crippen LogP contribution in [-0.2, 0) is 12.7 Å². The van der Waals surface area contributed by atoms with Crippen LogP contribution in [0, 0.1) is 0 Å². The van der Waals surface area contributed by atoms with Gasteiger partial charge in [-0.15, -0.1) is 11.8 Å². The largest absolute Gasteiger partial charge is 0.457 e. The van der Waals surface area contributed by atoms with Gasteiger partial charge in [0.25, 0.3) is 0 Å². The van der Waals surface area contributed by atoms with Crippen LogP contribution in [0.1, 0.15) is 56.6 Å². The highest BCUT2D eigenvalue weighted by Crippen LogP contribution is 2.51. The molecule has 2 aliphatic heterocycles. The zero-order chi connectivity index (χ0) is 29.8. The monoisotopic (exact) mass is 610 g/mol. The third kappa shape index (κ3) is 5.67. The molecule has 14 heteroatoms. The number of ether oxygens (including phenoxy) is 1. The van der Waals surface area contributed by atoms with Crippen molar-refractivity contribution in [1.29, 1.82) is 0 Å². The van der Waals surface area contributed by atoms with E-state index in [0.29, 0.717) is 18.6 Å². The third-order valence-corrected chi connectivity index (χ3v) is 9.38. The molecule has 6 rings (SSSR count). The van der Waals surface area contributed by atoms with Crippen LogP contribution in [0.5, 0.6) is 6.01 Å². The topological polar surface area (TPSA) is 85.2 Å². The lowest BCUT2D eigenvalue weighted by Gasteiger charge is -2.38. The molecule has 2 aromatic heterocycles. The highest BCUT2D eigenvalue weighted by atomic mass is 32.2. The quantitative estimate of drug-likeness (QED) is 0.402. The molecule has 0 unspecified atom stereocenters. The number of alkyl halides is 5. The minimum absolute atomic E-state index is 0.0144. The van der Waals surface area contributed by atoms with Crippen molar-refractivity contribution in [3.05, 3.63) is 46.1 Å². The van der Waals surface area contributed by atoms with Crippen LogP contribution in [0.25, 0.3) is 10.9 Å². The normalized spacial score (nSPS) is 24.9. The number of hydrogen-bond acceptors (Lipinski definition) is 8. The molecule has 42 heavy (non-hydrogen) atoms. The Morgan fingerprint density at radius 3 is 2.38 bits per heavy atom. The Bertz CT molecular complexity index is 1520. The third-order valence-electron chi connectivity index (χ3n) is 8.14. The van der Waals surface area contributed by atoms with Crippen molar-refractivity contribution in [2.24, 2.45) is 0 Å². The van der Waals surface area contributed by atoms with Crippen LogP contribution in [0.15, 0.2) is 34.2 Å². The highest BCUT2D eigenvalue weighted by molar-refractivity contribution is 7.99. The summed E-state index contributed by atoms with van der Waals surface area (Å²) in [5, 5.41) is 3.61. The first kappa shape index (κ1) is 29.1. The van der Waals surface area contributed by atoms with Crippen molar-refractivity contribution < 1.29 is 26.7 Å². The Kier molecular flexibility index (Phi) is 7.57. The predicted octanol–water partition coefficient (Wildman–Crippen LogP) is 5.24. The van der Waals surface area contributed by atoms with E-state index in [1.165, 1.54) is 17.0 Å². The second-order valence-corrected chi connectivity index (χ2v) is 12.5. The lowest BCUT2D eigenvalue weighted by Crippen LogP contribution is -2.55. The highest BCUT2D eigenvalue weighted by Gasteiger charge is 2.43. The summed E-state index contributed by atoms with van der Waals surface area (Å²) in [6, 6.07) is 2.83. The number of benzene rings is 1. The lowest BCUT2D eigenvalue weighted by molar-refractivity contribution is -0.138. The summed E-state index contributed by atoms with van der Waals surface area (Å²) in [7, 11) is 0. The summed E-state index contributed by atoms with van der Waals surface area (Å²) in [6.07, 6.45) is -3.53. The van der Waals surface area contributed by atoms with E-state index < -0.39 is 48.2 Å². The molecule has 3 atom stereocenters. The fourth-order valence-electron chi connectivity index (χ4n) is 6.43. The average Bonchev–Trinajstić information content (AvgIpc) is 3.11. The van der Waals surface area contributed by atoms with Gasteiger partial charge in [-0.3, -0.25) is 4.57 Å². The van der Waals surface area contributed by atoms with Gasteiger partial charge in [-0.05, 0) is 50.3 Å². The van der Waals surface area contributed by atoms with Gasteiger partial charge in [0.1, 0.15) is 11.9 Å². The molecular weight excluding hydrogens is 579 g/mol. The Balaban J connectivity index is 1.57. The predicted molar refractivity (Wildman–Crippen MR) is 149 cm³/mol. The van der Waals surface area contributed by atoms with Gasteiger partial charge in [0.15, 0.2) is 0 Å². The number of rotatable bonds is 4. The molecule has 226 valence electrons. The number of hydrogen-bond donors (Lipinski definition) is 1. The first-order chi connectivity index (χ1) is 19.9. The Morgan fingerprint density at radius 2 is 1.74 bits per heavy atom. The molecule has 0 bridgehead atoms. The van der Waals surface area contributed by atoms with Gasteiger partial charge in [-0.1, -0.05) is 0 Å². The maximum Gasteiger partial charge on any atom is 0.416 e. The Hall–Kier alpha value is -3.00. The molecule has 1 saturated carbocycles. The maximum absolute atomic E-state index is 14.9. The first-order valence-corrected chi connectivity index (χ1v) is 15.0. The molecule has 4 heterocycles. The standard InChI is InChI=1S/C28H31F5N6O2S/c1-15-11-38(12-16(2)36-15)24-19-10-20(28(31,32)33)21(17-4-6-27(29,30)7-5-17)23-22(19)39(26(40)37-24)13-18(14-42-23)41-25-34-8-3-9-35-25/h3,8-10,15-18,36H,4-7,11-14H2,1-2H3/t15-,16+,18-/m0/s1. The van der Waals surface area contributed by atoms with Gasteiger partial charge in [-0.25, -0.2) is 23.5 Å². The summed E-state index contributed by atoms with van der Waals surface area (Å²) >= 11 is 1.16. The molecule has 0 radical (unpaired) electrons. The maximum atomic E-state index is 14.9. The average molecular weight is 611 g/mol. The van der Waals surface area contributed by atoms with Gasteiger partial charge in [0.2, 0.25) is 5.92 Å². The van der Waals surface area contributed by atoms with Gasteiger partial charge >= 0.3 is 17.9 Å². The number of halogens is 5. The molecule has 3 aliphatic rings. The molecule has 1 aliphatic carbocycles. The van der Waals surface area contributed by atoms with Crippen molar-refractivity contribution in [1.82, 2.24) is 24.8 Å². The number of aromatic nitrogens is 4. The number of nitrogens with zero attached hydrogens (tertiary/aromatic N) is 5. The fraction of sp³-hybridized carbons (Fsp3) is 0.571. The van der Waals surface area contributed by atoms with E-state index in [4.69, 9.17) is 4.74 Å². The van der Waals surface area contributed by atoms with Gasteiger partial charge in [0.05, 0.1) is 17.6 Å². The zero-order valence-electron chi connectivity index (χ0n) is 23.1. The second-order valence-electron chi connectivity index (χ2n) is 11.5. The summed E-state index contributed by atoms with van der Waals surface area (Å²) in [6.45, 7) is 4.86. The molecule has 2 fully saturated rings. The molecular formula is C28H31F5N6O2S. The number of thioether (sulfide) groups is 1. The molecule has 0 spiro atoms. The molecule has 1 saturated heterocycles. The van der Waals surface area contributed by atoms with E-state index in [-0.39, 0.29) is 64.9 Å². The van der Waals surface area contributed by atoms with E-state index in [1.54, 1.807) is 6.07 Å². The summed E-state index contributed by atoms with van der Waals surface area (Å²) in [4.78, 5) is 28.3. The fourth-order valence-corrected chi connectivity index (χ4v) is 7.75. The molecule has 0 amide bonds. The minimum atomic E-state index is -4.75. The van der Waals surface area contributed by atoms with Crippen LogP contribution >= 0.6 is 11.8 Å². The van der Waals surface area contributed by atoms with E-state index in [0.717, 1.165) is 17.8 Å². The summed E-state index contributed by atoms with van der Waals surface area (Å²) < 4.78 is 80.1. The minimum Gasteiger partial charge on any atom is -0.457 e. The van der Waals surface area contributed by atoms with Crippen molar-refractivity contribution >= 4 is 28.5 Å². The molecule has 3 aromatic rings. The zero-order valence-corrected chi connectivity index (χ0v) is 23.9.